The minimum atomic E-state index is 0.604. The molecular weight excluding hydrogens is 179 g/mol. The van der Waals surface area contributed by atoms with E-state index in [1.54, 1.807) is 0 Å². The molecule has 15 heavy (non-hydrogen) atoms. The third-order valence-corrected chi connectivity index (χ3v) is 5.09. The van der Waals surface area contributed by atoms with Crippen molar-refractivity contribution < 1.29 is 0 Å². The largest absolute Gasteiger partial charge is 0.152 e. The molecule has 0 nitrogen and oxygen atoms in total. The number of hydrogen-bond donors (Lipinski definition) is 0. The van der Waals surface area contributed by atoms with Gasteiger partial charge in [0.2, 0.25) is 0 Å². The summed E-state index contributed by atoms with van der Waals surface area (Å²) in [7, 11) is 0. The van der Waals surface area contributed by atoms with Crippen LogP contribution >= 0.6 is 0 Å². The highest BCUT2D eigenvalue weighted by Crippen LogP contribution is 2.57. The van der Waals surface area contributed by atoms with Gasteiger partial charge in [-0.25, -0.2) is 0 Å². The van der Waals surface area contributed by atoms with E-state index in [0.29, 0.717) is 5.31 Å². The van der Waals surface area contributed by atoms with Crippen LogP contribution in [-0.4, -0.2) is 6.71 Å². The van der Waals surface area contributed by atoms with Crippen molar-refractivity contribution in [3.63, 3.8) is 0 Å². The molecule has 0 aromatic carbocycles. The summed E-state index contributed by atoms with van der Waals surface area (Å²) in [5, 5.41) is 0.604. The molecule has 0 aromatic rings. The molecule has 1 saturated heterocycles. The van der Waals surface area contributed by atoms with Gasteiger partial charge in [-0.3, -0.25) is 0 Å². The topological polar surface area (TPSA) is 0 Å². The van der Waals surface area contributed by atoms with Gasteiger partial charge in [-0.2, -0.15) is 0 Å². The fraction of sp³-hybridized carbons (Fsp3) is 1.00. The lowest BCUT2D eigenvalue weighted by atomic mass is 9.14. The molecule has 0 spiro atoms. The van der Waals surface area contributed by atoms with E-state index in [9.17, 15) is 0 Å². The molecule has 4 unspecified atom stereocenters. The Morgan fingerprint density at radius 2 is 1.80 bits per heavy atom. The van der Waals surface area contributed by atoms with Crippen LogP contribution in [0, 0.1) is 5.92 Å². The minimum absolute atomic E-state index is 0.604. The number of rotatable bonds is 5. The normalized spacial score (nSPS) is 32.0. The van der Waals surface area contributed by atoms with E-state index >= 15 is 0 Å². The van der Waals surface area contributed by atoms with Gasteiger partial charge < -0.3 is 0 Å². The Balaban J connectivity index is 2.66. The summed E-state index contributed by atoms with van der Waals surface area (Å²) in [4.78, 5) is 0. The first-order valence-electron chi connectivity index (χ1n) is 6.94. The van der Waals surface area contributed by atoms with Crippen LogP contribution in [-0.2, 0) is 0 Å². The summed E-state index contributed by atoms with van der Waals surface area (Å²) in [6.07, 6.45) is 5.59. The van der Waals surface area contributed by atoms with Gasteiger partial charge in [0, 0.05) is 0 Å². The van der Waals surface area contributed by atoms with Crippen LogP contribution in [0.4, 0.5) is 0 Å². The lowest BCUT2D eigenvalue weighted by molar-refractivity contribution is 0.383. The number of hydrogen-bond acceptors (Lipinski definition) is 0. The van der Waals surface area contributed by atoms with Crippen molar-refractivity contribution in [1.82, 2.24) is 0 Å². The van der Waals surface area contributed by atoms with Gasteiger partial charge in [0.1, 0.15) is 0 Å². The molecule has 1 rings (SSSR count). The molecule has 0 radical (unpaired) electrons. The first kappa shape index (κ1) is 13.1. The maximum atomic E-state index is 2.54. The van der Waals surface area contributed by atoms with Crippen LogP contribution < -0.4 is 0 Å². The van der Waals surface area contributed by atoms with E-state index in [2.05, 4.69) is 41.5 Å². The standard InChI is InChI=1S/C14H29B/c1-7-11(3)10-14(6,8-2)15-12(4)9-13(15)5/h11-13H,7-10H2,1-6H3. The fourth-order valence-corrected chi connectivity index (χ4v) is 4.07. The van der Waals surface area contributed by atoms with E-state index in [1.165, 1.54) is 25.7 Å². The maximum Gasteiger partial charge on any atom is 0.152 e. The SMILES string of the molecule is CCC(C)CC(C)(CC)B1C(C)CC1C. The van der Waals surface area contributed by atoms with E-state index in [1.807, 2.05) is 0 Å². The highest BCUT2D eigenvalue weighted by molar-refractivity contribution is 6.68. The summed E-state index contributed by atoms with van der Waals surface area (Å²) in [5.41, 5.74) is 0. The van der Waals surface area contributed by atoms with Crippen LogP contribution in [0.25, 0.3) is 0 Å². The molecule has 1 heterocycles. The van der Waals surface area contributed by atoms with Crippen LogP contribution in [0.3, 0.4) is 0 Å². The lowest BCUT2D eigenvalue weighted by Gasteiger charge is -2.50. The zero-order chi connectivity index (χ0) is 11.6. The summed E-state index contributed by atoms with van der Waals surface area (Å²) in [5.74, 6) is 2.83. The molecule has 1 aliphatic heterocycles. The monoisotopic (exact) mass is 208 g/mol. The smallest absolute Gasteiger partial charge is 0.0691 e. The van der Waals surface area contributed by atoms with E-state index in [4.69, 9.17) is 0 Å². The second-order valence-corrected chi connectivity index (χ2v) is 6.44. The lowest BCUT2D eigenvalue weighted by Crippen LogP contribution is -2.45. The van der Waals surface area contributed by atoms with Gasteiger partial charge in [-0.05, 0) is 5.92 Å². The quantitative estimate of drug-likeness (QED) is 0.540. The van der Waals surface area contributed by atoms with E-state index in [0.717, 1.165) is 24.3 Å². The van der Waals surface area contributed by atoms with Gasteiger partial charge in [0.15, 0.2) is 6.71 Å². The molecule has 0 aromatic heterocycles. The summed E-state index contributed by atoms with van der Waals surface area (Å²) >= 11 is 0. The van der Waals surface area contributed by atoms with Crippen molar-refractivity contribution in [2.45, 2.75) is 84.2 Å². The Hall–Kier alpha value is 0.0649. The average molecular weight is 208 g/mol. The van der Waals surface area contributed by atoms with Crippen LogP contribution in [0.1, 0.15) is 67.2 Å². The molecule has 0 bridgehead atoms. The zero-order valence-corrected chi connectivity index (χ0v) is 11.6. The predicted octanol–water partition coefficient (Wildman–Crippen LogP) is 5.27. The molecule has 1 aliphatic rings. The summed E-state index contributed by atoms with van der Waals surface area (Å²) in [6, 6.07) is 0. The van der Waals surface area contributed by atoms with Gasteiger partial charge in [0.05, 0.1) is 0 Å². The molecule has 4 atom stereocenters. The molecule has 88 valence electrons. The van der Waals surface area contributed by atoms with Crippen molar-refractivity contribution in [1.29, 1.82) is 0 Å². The third kappa shape index (κ3) is 2.60. The Kier molecular flexibility index (Phi) is 4.32. The second kappa shape index (κ2) is 4.93. The van der Waals surface area contributed by atoms with Gasteiger partial charge in [-0.1, -0.05) is 84.2 Å². The first-order valence-corrected chi connectivity index (χ1v) is 6.94. The van der Waals surface area contributed by atoms with E-state index in [-0.39, 0.29) is 0 Å². The van der Waals surface area contributed by atoms with Crippen molar-refractivity contribution in [3.8, 4) is 0 Å². The Labute approximate surface area is 97.3 Å². The second-order valence-electron chi connectivity index (χ2n) is 6.44. The van der Waals surface area contributed by atoms with E-state index < -0.39 is 0 Å². The first-order chi connectivity index (χ1) is 6.94. The fourth-order valence-electron chi connectivity index (χ4n) is 4.07. The van der Waals surface area contributed by atoms with Crippen molar-refractivity contribution >= 4 is 6.71 Å². The van der Waals surface area contributed by atoms with Crippen molar-refractivity contribution in [3.05, 3.63) is 0 Å². The Morgan fingerprint density at radius 1 is 1.27 bits per heavy atom. The van der Waals surface area contributed by atoms with Crippen LogP contribution in [0.2, 0.25) is 16.9 Å². The third-order valence-electron chi connectivity index (χ3n) is 5.09. The molecule has 0 N–H and O–H groups in total. The molecule has 0 aliphatic carbocycles. The predicted molar refractivity (Wildman–Crippen MR) is 71.9 cm³/mol. The average Bonchev–Trinajstić information content (AvgIpc) is 2.16. The molecule has 1 fully saturated rings. The van der Waals surface area contributed by atoms with Crippen LogP contribution in [0.15, 0.2) is 0 Å². The molecule has 0 amide bonds. The molecular formula is C14H29B. The highest BCUT2D eigenvalue weighted by Gasteiger charge is 2.49. The Morgan fingerprint density at radius 3 is 2.13 bits per heavy atom. The molecule has 1 heteroatoms. The van der Waals surface area contributed by atoms with Gasteiger partial charge >= 0.3 is 0 Å². The summed E-state index contributed by atoms with van der Waals surface area (Å²) in [6.45, 7) is 15.6. The van der Waals surface area contributed by atoms with Gasteiger partial charge in [0.25, 0.3) is 0 Å². The molecule has 0 saturated carbocycles. The maximum absolute atomic E-state index is 2.54. The van der Waals surface area contributed by atoms with Crippen molar-refractivity contribution in [2.75, 3.05) is 0 Å². The van der Waals surface area contributed by atoms with Crippen LogP contribution in [0.5, 0.6) is 0 Å². The minimum Gasteiger partial charge on any atom is -0.0691 e. The van der Waals surface area contributed by atoms with Crippen molar-refractivity contribution in [2.24, 2.45) is 5.92 Å². The Bertz CT molecular complexity index is 194. The zero-order valence-electron chi connectivity index (χ0n) is 11.6. The summed E-state index contributed by atoms with van der Waals surface area (Å²) < 4.78 is 0. The highest BCUT2D eigenvalue weighted by atomic mass is 14.3. The van der Waals surface area contributed by atoms with Gasteiger partial charge in [-0.15, -0.1) is 0 Å².